The van der Waals surface area contributed by atoms with E-state index in [0.717, 1.165) is 24.3 Å². The lowest BCUT2D eigenvalue weighted by Crippen LogP contribution is -2.45. The van der Waals surface area contributed by atoms with Crippen LogP contribution in [0.5, 0.6) is 0 Å². The summed E-state index contributed by atoms with van der Waals surface area (Å²) in [4.78, 5) is 13.4. The summed E-state index contributed by atoms with van der Waals surface area (Å²) in [7, 11) is 0. The fourth-order valence-corrected chi connectivity index (χ4v) is 2.66. The van der Waals surface area contributed by atoms with Crippen LogP contribution in [0.4, 0.5) is 5.69 Å². The molecule has 0 unspecified atom stereocenters. The normalized spacial score (nSPS) is 14.9. The topological polar surface area (TPSA) is 40.5 Å². The Balaban J connectivity index is 1.74. The monoisotopic (exact) mass is 267 g/mol. The number of carbonyl (C=O) groups is 1. The van der Waals surface area contributed by atoms with Crippen molar-refractivity contribution in [2.75, 3.05) is 18.0 Å². The Hall–Kier alpha value is -2.29. The van der Waals surface area contributed by atoms with E-state index in [4.69, 9.17) is 0 Å². The van der Waals surface area contributed by atoms with Crippen LogP contribution in [0.3, 0.4) is 0 Å². The third-order valence-corrected chi connectivity index (χ3v) is 3.97. The van der Waals surface area contributed by atoms with Crippen LogP contribution >= 0.6 is 0 Å². The van der Waals surface area contributed by atoms with Gasteiger partial charge >= 0.3 is 5.97 Å². The van der Waals surface area contributed by atoms with Gasteiger partial charge in [-0.1, -0.05) is 36.4 Å². The van der Waals surface area contributed by atoms with E-state index in [9.17, 15) is 9.90 Å². The van der Waals surface area contributed by atoms with Gasteiger partial charge in [0.15, 0.2) is 0 Å². The lowest BCUT2D eigenvalue weighted by molar-refractivity contribution is 0.0696. The molecule has 2 aromatic carbocycles. The van der Waals surface area contributed by atoms with Gasteiger partial charge in [-0.05, 0) is 30.2 Å². The van der Waals surface area contributed by atoms with Gasteiger partial charge in [-0.15, -0.1) is 0 Å². The maximum atomic E-state index is 11.2. The van der Waals surface area contributed by atoms with Crippen molar-refractivity contribution in [3.63, 3.8) is 0 Å². The number of benzene rings is 2. The summed E-state index contributed by atoms with van der Waals surface area (Å²) < 4.78 is 0. The van der Waals surface area contributed by atoms with E-state index in [0.29, 0.717) is 11.5 Å². The molecule has 2 aromatic rings. The summed E-state index contributed by atoms with van der Waals surface area (Å²) in [6.07, 6.45) is 0. The van der Waals surface area contributed by atoms with Crippen LogP contribution in [0.1, 0.15) is 27.4 Å². The third-order valence-electron chi connectivity index (χ3n) is 3.97. The number of hydrogen-bond acceptors (Lipinski definition) is 2. The zero-order valence-electron chi connectivity index (χ0n) is 11.4. The van der Waals surface area contributed by atoms with Crippen LogP contribution < -0.4 is 4.90 Å². The number of hydrogen-bond donors (Lipinski definition) is 1. The van der Waals surface area contributed by atoms with Crippen molar-refractivity contribution in [1.29, 1.82) is 0 Å². The van der Waals surface area contributed by atoms with Gasteiger partial charge in [-0.2, -0.15) is 0 Å². The van der Waals surface area contributed by atoms with E-state index in [1.807, 2.05) is 25.1 Å². The maximum absolute atomic E-state index is 11.2. The molecule has 0 aromatic heterocycles. The van der Waals surface area contributed by atoms with Gasteiger partial charge in [0, 0.05) is 24.7 Å². The predicted molar refractivity (Wildman–Crippen MR) is 79.5 cm³/mol. The molecule has 3 nitrogen and oxygen atoms in total. The molecule has 1 fully saturated rings. The van der Waals surface area contributed by atoms with Crippen LogP contribution in [-0.2, 0) is 0 Å². The average Bonchev–Trinajstić information content (AvgIpc) is 2.40. The quantitative estimate of drug-likeness (QED) is 0.927. The Kier molecular flexibility index (Phi) is 3.18. The fourth-order valence-electron chi connectivity index (χ4n) is 2.66. The minimum Gasteiger partial charge on any atom is -0.478 e. The van der Waals surface area contributed by atoms with Crippen molar-refractivity contribution in [3.05, 3.63) is 65.2 Å². The summed E-state index contributed by atoms with van der Waals surface area (Å²) in [6, 6.07) is 16.1. The van der Waals surface area contributed by atoms with Gasteiger partial charge < -0.3 is 10.0 Å². The minimum absolute atomic E-state index is 0.394. The average molecular weight is 267 g/mol. The third kappa shape index (κ3) is 2.27. The van der Waals surface area contributed by atoms with E-state index in [1.54, 1.807) is 6.07 Å². The minimum atomic E-state index is -0.857. The molecule has 0 spiro atoms. The second kappa shape index (κ2) is 5.00. The Bertz CT molecular complexity index is 631. The lowest BCUT2D eigenvalue weighted by Gasteiger charge is -2.41. The van der Waals surface area contributed by atoms with E-state index in [1.165, 1.54) is 5.56 Å². The van der Waals surface area contributed by atoms with Gasteiger partial charge in [-0.3, -0.25) is 0 Å². The summed E-state index contributed by atoms with van der Waals surface area (Å²) in [5.41, 5.74) is 3.56. The molecule has 0 atom stereocenters. The second-order valence-corrected chi connectivity index (χ2v) is 5.32. The number of rotatable bonds is 3. The molecular formula is C17H17NO2. The van der Waals surface area contributed by atoms with Crippen molar-refractivity contribution < 1.29 is 9.90 Å². The Morgan fingerprint density at radius 2 is 1.85 bits per heavy atom. The lowest BCUT2D eigenvalue weighted by atomic mass is 9.90. The van der Waals surface area contributed by atoms with Crippen molar-refractivity contribution >= 4 is 11.7 Å². The van der Waals surface area contributed by atoms with E-state index >= 15 is 0 Å². The Morgan fingerprint density at radius 1 is 1.15 bits per heavy atom. The molecule has 1 aliphatic heterocycles. The molecule has 0 bridgehead atoms. The van der Waals surface area contributed by atoms with Gasteiger partial charge in [-0.25, -0.2) is 4.79 Å². The number of aromatic carboxylic acids is 1. The smallest absolute Gasteiger partial charge is 0.336 e. The van der Waals surface area contributed by atoms with Gasteiger partial charge in [0.2, 0.25) is 0 Å². The summed E-state index contributed by atoms with van der Waals surface area (Å²) in [5, 5.41) is 9.17. The molecule has 1 heterocycles. The Labute approximate surface area is 118 Å². The Morgan fingerprint density at radius 3 is 2.50 bits per heavy atom. The number of nitrogens with zero attached hydrogens (tertiary/aromatic N) is 1. The highest BCUT2D eigenvalue weighted by atomic mass is 16.4. The van der Waals surface area contributed by atoms with Crippen LogP contribution in [0.15, 0.2) is 48.5 Å². The van der Waals surface area contributed by atoms with Crippen molar-refractivity contribution in [1.82, 2.24) is 0 Å². The summed E-state index contributed by atoms with van der Waals surface area (Å²) in [5.74, 6) is -0.310. The van der Waals surface area contributed by atoms with Crippen molar-refractivity contribution in [2.45, 2.75) is 12.8 Å². The van der Waals surface area contributed by atoms with E-state index in [2.05, 4.69) is 29.2 Å². The molecule has 1 N–H and O–H groups in total. The van der Waals surface area contributed by atoms with E-state index in [-0.39, 0.29) is 0 Å². The summed E-state index contributed by atoms with van der Waals surface area (Å²) >= 11 is 0. The first-order chi connectivity index (χ1) is 9.65. The van der Waals surface area contributed by atoms with Crippen LogP contribution in [0.2, 0.25) is 0 Å². The molecule has 0 saturated carbocycles. The number of carboxylic acids is 1. The van der Waals surface area contributed by atoms with Gasteiger partial charge in [0.05, 0.1) is 5.56 Å². The highest BCUT2D eigenvalue weighted by molar-refractivity contribution is 5.90. The first-order valence-electron chi connectivity index (χ1n) is 6.79. The predicted octanol–water partition coefficient (Wildman–Crippen LogP) is 3.30. The van der Waals surface area contributed by atoms with Crippen molar-refractivity contribution in [2.24, 2.45) is 0 Å². The SMILES string of the molecule is Cc1ccc(N2CC(c3ccccc3)C2)cc1C(=O)O. The number of carboxylic acid groups (broad SMARTS) is 1. The molecule has 3 rings (SSSR count). The van der Waals surface area contributed by atoms with Gasteiger partial charge in [0.1, 0.15) is 0 Å². The van der Waals surface area contributed by atoms with Crippen LogP contribution in [0.25, 0.3) is 0 Å². The molecule has 1 aliphatic rings. The highest BCUT2D eigenvalue weighted by Gasteiger charge is 2.28. The zero-order valence-corrected chi connectivity index (χ0v) is 11.4. The standard InChI is InChI=1S/C17H17NO2/c1-12-7-8-15(9-16(12)17(19)20)18-10-14(11-18)13-5-3-2-4-6-13/h2-9,14H,10-11H2,1H3,(H,19,20). The molecule has 0 aliphatic carbocycles. The first-order valence-corrected chi connectivity index (χ1v) is 6.79. The van der Waals surface area contributed by atoms with Crippen molar-refractivity contribution in [3.8, 4) is 0 Å². The van der Waals surface area contributed by atoms with E-state index < -0.39 is 5.97 Å². The highest BCUT2D eigenvalue weighted by Crippen LogP contribution is 2.32. The molecule has 20 heavy (non-hydrogen) atoms. The van der Waals surface area contributed by atoms with Crippen LogP contribution in [-0.4, -0.2) is 24.2 Å². The second-order valence-electron chi connectivity index (χ2n) is 5.32. The van der Waals surface area contributed by atoms with Gasteiger partial charge in [0.25, 0.3) is 0 Å². The fraction of sp³-hybridized carbons (Fsp3) is 0.235. The molecule has 3 heteroatoms. The molecule has 0 radical (unpaired) electrons. The molecule has 1 saturated heterocycles. The largest absolute Gasteiger partial charge is 0.478 e. The molecule has 102 valence electrons. The first kappa shape index (κ1) is 12.7. The maximum Gasteiger partial charge on any atom is 0.336 e. The molecular weight excluding hydrogens is 250 g/mol. The zero-order chi connectivity index (χ0) is 14.1. The number of aryl methyl sites for hydroxylation is 1. The summed E-state index contributed by atoms with van der Waals surface area (Å²) in [6.45, 7) is 3.73. The van der Waals surface area contributed by atoms with Crippen LogP contribution in [0, 0.1) is 6.92 Å². The number of anilines is 1. The molecule has 0 amide bonds.